The van der Waals surface area contributed by atoms with E-state index < -0.39 is 166 Å². The van der Waals surface area contributed by atoms with E-state index >= 15 is 0 Å². The summed E-state index contributed by atoms with van der Waals surface area (Å²) in [6, 6.07) is 0. The Balaban J connectivity index is -0.000000101. The molecule has 0 aliphatic carbocycles. The minimum Gasteiger partial charge on any atom is -1.00 e. The summed E-state index contributed by atoms with van der Waals surface area (Å²) in [5.41, 5.74) is 0. The summed E-state index contributed by atoms with van der Waals surface area (Å²) in [6.45, 7) is -0.433. The number of aliphatic hydroxyl groups is 15. The van der Waals surface area contributed by atoms with Gasteiger partial charge in [0.05, 0.1) is 39.1 Å². The third-order valence-corrected chi connectivity index (χ3v) is 7.41. The largest absolute Gasteiger partial charge is 1.00 e. The first-order chi connectivity index (χ1) is 27.1. The van der Waals surface area contributed by atoms with E-state index in [9.17, 15) is 74.7 Å². The van der Waals surface area contributed by atoms with Crippen LogP contribution in [0.1, 0.15) is 44.3 Å². The summed E-state index contributed by atoms with van der Waals surface area (Å²) in [5, 5.41) is 191. The monoisotopic (exact) mass is 966 g/mol. The van der Waals surface area contributed by atoms with Gasteiger partial charge in [0.25, 0.3) is 0 Å². The molecule has 0 saturated heterocycles. The van der Waals surface area contributed by atoms with Gasteiger partial charge in [-0.25, -0.2) is 14.4 Å². The van der Waals surface area contributed by atoms with Crippen LogP contribution in [0.4, 0.5) is 0 Å². The maximum absolute atomic E-state index is 10.8. The van der Waals surface area contributed by atoms with Gasteiger partial charge in [-0.1, -0.05) is 0 Å². The van der Waals surface area contributed by atoms with E-state index in [0.29, 0.717) is 0 Å². The molecule has 0 aromatic heterocycles. The maximum atomic E-state index is 10.8. The first-order valence-electron chi connectivity index (χ1n) is 16.6. The van der Waals surface area contributed by atoms with Crippen LogP contribution in [0.15, 0.2) is 0 Å². The maximum Gasteiger partial charge on any atom is 1.00 e. The van der Waals surface area contributed by atoms with Gasteiger partial charge < -0.3 is 126 Å². The van der Waals surface area contributed by atoms with E-state index in [1.807, 2.05) is 0 Å². The average Bonchev–Trinajstić information content (AvgIpc) is 3.13. The van der Waals surface area contributed by atoms with Crippen molar-refractivity contribution in [3.63, 3.8) is 0 Å². The van der Waals surface area contributed by atoms with E-state index in [1.165, 1.54) is 0 Å². The quantitative estimate of drug-likeness (QED) is 0.0268. The van der Waals surface area contributed by atoms with E-state index in [0.717, 1.165) is 20.8 Å². The van der Waals surface area contributed by atoms with Crippen molar-refractivity contribution < 1.29 is 243 Å². The number of hydrogen-bond donors (Lipinski definition) is 21. The average molecular weight is 967 g/mol. The molecule has 0 aliphatic rings. The fourth-order valence-corrected chi connectivity index (χ4v) is 3.99. The fourth-order valence-electron chi connectivity index (χ4n) is 3.99. The molecular weight excluding hydrogens is 909 g/mol. The Morgan fingerprint density at radius 3 is 0.683 bits per heavy atom. The molecule has 0 aromatic rings. The molecule has 0 fully saturated rings. The second kappa shape index (κ2) is 34.4. The van der Waals surface area contributed by atoms with Gasteiger partial charge in [0.15, 0.2) is 35.7 Å². The third-order valence-electron chi connectivity index (χ3n) is 7.41. The summed E-state index contributed by atoms with van der Waals surface area (Å²) in [4.78, 5) is 63.6. The van der Waals surface area contributed by atoms with Crippen LogP contribution >= 0.6 is 0 Å². The van der Waals surface area contributed by atoms with Crippen LogP contribution in [-0.2, 0) is 43.0 Å². The van der Waals surface area contributed by atoms with Gasteiger partial charge in [-0.2, -0.15) is 0 Å². The molecule has 0 radical (unpaired) electrons. The summed E-state index contributed by atoms with van der Waals surface area (Å²) < 4.78 is 13.7. The van der Waals surface area contributed by atoms with Gasteiger partial charge in [0.2, 0.25) is 0 Å². The number of aliphatic hydroxyl groups excluding tert-OH is 12. The second-order valence-corrected chi connectivity index (χ2v) is 12.8. The summed E-state index contributed by atoms with van der Waals surface area (Å²) in [7, 11) is 0. The van der Waals surface area contributed by atoms with Crippen LogP contribution in [0.2, 0.25) is 0 Å². The number of carboxylic acid groups (broad SMARTS) is 6. The van der Waals surface area contributed by atoms with Crippen LogP contribution in [0.25, 0.3) is 0 Å². The number of carbonyl (C=O) groups is 6. The normalized spacial score (nSPS) is 19.5. The van der Waals surface area contributed by atoms with E-state index in [4.69, 9.17) is 61.3 Å². The Morgan fingerprint density at radius 2 is 0.571 bits per heavy atom. The van der Waals surface area contributed by atoms with Crippen molar-refractivity contribution >= 4 is 35.8 Å². The van der Waals surface area contributed by atoms with Crippen molar-refractivity contribution in [2.24, 2.45) is 0 Å². The van der Waals surface area contributed by atoms with Gasteiger partial charge in [-0.05, 0) is 20.8 Å². The van der Waals surface area contributed by atoms with E-state index in [-0.39, 0.29) is 93.0 Å². The molecule has 0 saturated carbocycles. The molecule has 0 rings (SSSR count). The molecule has 21 N–H and O–H groups in total. The van der Waals surface area contributed by atoms with Crippen molar-refractivity contribution in [2.45, 2.75) is 131 Å². The molecule has 0 aromatic carbocycles. The molecule has 0 heterocycles. The van der Waals surface area contributed by atoms with Gasteiger partial charge >= 0.3 is 124 Å². The standard InChI is InChI=1S/3C10H18O10.3Na.3H/c3*1-10(19,8(16)7(15)4(12)3-11)20-5(9(17)18)2-6(13)14;;;;;;/h3*4-5,7-8,11-12,15-16,19H,2-3H2,1H3,(H,13,14)(H,17,18);;;;;;/q;;;3*+1;3*-1/t3*4-,5?,7-,8+,10+;;;;;;/m111....../s1. The number of ether oxygens (including phenoxy) is 3. The topological polar surface area (TPSA) is 555 Å². The van der Waals surface area contributed by atoms with Crippen molar-refractivity contribution in [3.05, 3.63) is 0 Å². The second-order valence-electron chi connectivity index (χ2n) is 12.8. The van der Waals surface area contributed by atoms with Gasteiger partial charge in [0, 0.05) is 0 Å². The fraction of sp³-hybridized carbons (Fsp3) is 0.800. The van der Waals surface area contributed by atoms with Gasteiger partial charge in [-0.3, -0.25) is 14.4 Å². The predicted molar refractivity (Wildman–Crippen MR) is 185 cm³/mol. The van der Waals surface area contributed by atoms with Crippen LogP contribution in [0, 0.1) is 0 Å². The Bertz CT molecular complexity index is 1210. The molecule has 0 spiro atoms. The summed E-state index contributed by atoms with van der Waals surface area (Å²) in [6.07, 6.45) is -26.9. The number of aliphatic carboxylic acids is 6. The van der Waals surface area contributed by atoms with Gasteiger partial charge in [-0.15, -0.1) is 0 Å². The SMILES string of the molecule is C[C@](O)(OC(CC(=O)O)C(=O)O)[C@@H](O)[C@H](O)[C@H](O)CO.C[C@](O)(OC(CC(=O)O)C(=O)O)[C@@H](O)[C@H](O)[C@H](O)CO.C[C@](O)(OC(CC(=O)O)C(=O)O)[C@@H](O)[C@H](O)[C@H](O)CO.[H-].[H-].[H-].[Na+].[Na+].[Na+]. The first kappa shape index (κ1) is 73.7. The number of carboxylic acids is 6. The van der Waals surface area contributed by atoms with Crippen molar-refractivity contribution in [1.29, 1.82) is 0 Å². The Labute approximate surface area is 426 Å². The van der Waals surface area contributed by atoms with Crippen molar-refractivity contribution in [1.82, 2.24) is 0 Å². The Hall–Kier alpha value is -0.900. The molecule has 0 amide bonds. The molecule has 0 aliphatic heterocycles. The summed E-state index contributed by atoms with van der Waals surface area (Å²) in [5.74, 6) is -17.6. The van der Waals surface area contributed by atoms with E-state index in [2.05, 4.69) is 14.2 Å². The molecule has 63 heavy (non-hydrogen) atoms. The number of hydrogen-bond acceptors (Lipinski definition) is 24. The Morgan fingerprint density at radius 1 is 0.413 bits per heavy atom. The van der Waals surface area contributed by atoms with Crippen LogP contribution in [0.5, 0.6) is 0 Å². The molecule has 33 heteroatoms. The smallest absolute Gasteiger partial charge is 1.00 e. The summed E-state index contributed by atoms with van der Waals surface area (Å²) >= 11 is 0. The molecule has 0 bridgehead atoms. The zero-order chi connectivity index (χ0) is 48.3. The third kappa shape index (κ3) is 28.8. The zero-order valence-corrected chi connectivity index (χ0v) is 40.7. The van der Waals surface area contributed by atoms with Crippen LogP contribution < -0.4 is 88.7 Å². The molecule has 3 unspecified atom stereocenters. The molecule has 360 valence electrons. The van der Waals surface area contributed by atoms with Crippen molar-refractivity contribution in [2.75, 3.05) is 19.8 Å². The predicted octanol–water partition coefficient (Wildman–Crippen LogP) is -18.5. The Kier molecular flexibility index (Phi) is 40.2. The zero-order valence-electron chi connectivity index (χ0n) is 37.7. The minimum absolute atomic E-state index is 0. The number of rotatable bonds is 27. The molecule has 30 nitrogen and oxygen atoms in total. The van der Waals surface area contributed by atoms with Crippen LogP contribution in [0.3, 0.4) is 0 Å². The van der Waals surface area contributed by atoms with E-state index in [1.54, 1.807) is 0 Å². The van der Waals surface area contributed by atoms with Crippen LogP contribution in [-0.4, -0.2) is 253 Å². The molecule has 15 atom stereocenters. The van der Waals surface area contributed by atoms with Crippen molar-refractivity contribution in [3.8, 4) is 0 Å². The first-order valence-corrected chi connectivity index (χ1v) is 16.6. The molecular formula is C30H57Na3O30. The minimum atomic E-state index is -2.66. The van der Waals surface area contributed by atoms with Gasteiger partial charge in [0.1, 0.15) is 54.9 Å².